The molecule has 160 valence electrons. The molecule has 9 nitrogen and oxygen atoms in total. The van der Waals surface area contributed by atoms with Crippen LogP contribution in [0.15, 0.2) is 41.3 Å². The standard InChI is InChI=1S/C20H23N3O6S/c1-14-12-16(30(27,28)22-10-3-4-11-22)8-9-19(14)29-13-20(24)21-17-6-5-7-18(15(17)2)23(25)26/h5-9,12H,3-4,10-11,13H2,1-2H3,(H,21,24). The minimum Gasteiger partial charge on any atom is -0.483 e. The average molecular weight is 433 g/mol. The predicted octanol–water partition coefficient (Wildman–Crippen LogP) is 3.01. The van der Waals surface area contributed by atoms with E-state index >= 15 is 0 Å². The highest BCUT2D eigenvalue weighted by molar-refractivity contribution is 7.89. The van der Waals surface area contributed by atoms with Crippen LogP contribution in [0, 0.1) is 24.0 Å². The summed E-state index contributed by atoms with van der Waals surface area (Å²) in [6, 6.07) is 8.96. The first-order valence-corrected chi connectivity index (χ1v) is 10.9. The van der Waals surface area contributed by atoms with E-state index in [0.29, 0.717) is 35.7 Å². The lowest BCUT2D eigenvalue weighted by Gasteiger charge is -2.17. The maximum absolute atomic E-state index is 12.6. The summed E-state index contributed by atoms with van der Waals surface area (Å²) < 4.78 is 32.3. The Morgan fingerprint density at radius 3 is 2.53 bits per heavy atom. The van der Waals surface area contributed by atoms with Crippen LogP contribution in [-0.4, -0.2) is 43.2 Å². The number of carbonyl (C=O) groups excluding carboxylic acids is 1. The lowest BCUT2D eigenvalue weighted by atomic mass is 10.1. The summed E-state index contributed by atoms with van der Waals surface area (Å²) in [6.45, 7) is 3.99. The fourth-order valence-corrected chi connectivity index (χ4v) is 4.91. The molecule has 1 aliphatic rings. The van der Waals surface area contributed by atoms with Gasteiger partial charge < -0.3 is 10.1 Å². The van der Waals surface area contributed by atoms with Gasteiger partial charge in [0.15, 0.2) is 6.61 Å². The third-order valence-corrected chi connectivity index (χ3v) is 6.88. The van der Waals surface area contributed by atoms with E-state index in [1.54, 1.807) is 19.9 Å². The SMILES string of the molecule is Cc1cc(S(=O)(=O)N2CCCC2)ccc1OCC(=O)Nc1cccc([N+](=O)[O-])c1C. The lowest BCUT2D eigenvalue weighted by molar-refractivity contribution is -0.385. The second-order valence-electron chi connectivity index (χ2n) is 7.08. The summed E-state index contributed by atoms with van der Waals surface area (Å²) in [7, 11) is -3.52. The number of ether oxygens (including phenoxy) is 1. The Bertz CT molecular complexity index is 1080. The van der Waals surface area contributed by atoms with Crippen molar-refractivity contribution >= 4 is 27.3 Å². The topological polar surface area (TPSA) is 119 Å². The van der Waals surface area contributed by atoms with Crippen LogP contribution >= 0.6 is 0 Å². The largest absolute Gasteiger partial charge is 0.483 e. The summed E-state index contributed by atoms with van der Waals surface area (Å²) >= 11 is 0. The number of nitro groups is 1. The molecular formula is C20H23N3O6S. The van der Waals surface area contributed by atoms with Crippen LogP contribution < -0.4 is 10.1 Å². The van der Waals surface area contributed by atoms with Gasteiger partial charge in [-0.05, 0) is 56.5 Å². The van der Waals surface area contributed by atoms with Crippen molar-refractivity contribution in [3.63, 3.8) is 0 Å². The number of carbonyl (C=O) groups is 1. The molecule has 1 aliphatic heterocycles. The normalized spacial score (nSPS) is 14.5. The van der Waals surface area contributed by atoms with Crippen molar-refractivity contribution in [3.05, 3.63) is 57.6 Å². The van der Waals surface area contributed by atoms with E-state index in [2.05, 4.69) is 5.32 Å². The van der Waals surface area contributed by atoms with Gasteiger partial charge in [0.25, 0.3) is 11.6 Å². The molecular weight excluding hydrogens is 410 g/mol. The fourth-order valence-electron chi connectivity index (χ4n) is 3.31. The fraction of sp³-hybridized carbons (Fsp3) is 0.350. The maximum Gasteiger partial charge on any atom is 0.274 e. The second-order valence-corrected chi connectivity index (χ2v) is 9.02. The van der Waals surface area contributed by atoms with Crippen molar-refractivity contribution in [2.45, 2.75) is 31.6 Å². The van der Waals surface area contributed by atoms with Crippen LogP contribution in [-0.2, 0) is 14.8 Å². The van der Waals surface area contributed by atoms with Crippen LogP contribution in [0.3, 0.4) is 0 Å². The van der Waals surface area contributed by atoms with Gasteiger partial charge in [-0.25, -0.2) is 8.42 Å². The quantitative estimate of drug-likeness (QED) is 0.530. The minimum absolute atomic E-state index is 0.0839. The Kier molecular flexibility index (Phi) is 6.37. The van der Waals surface area contributed by atoms with Crippen LogP contribution in [0.4, 0.5) is 11.4 Å². The van der Waals surface area contributed by atoms with Crippen molar-refractivity contribution in [1.29, 1.82) is 0 Å². The Morgan fingerprint density at radius 1 is 1.20 bits per heavy atom. The number of hydrogen-bond acceptors (Lipinski definition) is 6. The van der Waals surface area contributed by atoms with Crippen LogP contribution in [0.5, 0.6) is 5.75 Å². The maximum atomic E-state index is 12.6. The number of anilines is 1. The van der Waals surface area contributed by atoms with E-state index in [1.807, 2.05) is 0 Å². The molecule has 0 atom stereocenters. The lowest BCUT2D eigenvalue weighted by Crippen LogP contribution is -2.28. The van der Waals surface area contributed by atoms with Gasteiger partial charge in [-0.1, -0.05) is 6.07 Å². The van der Waals surface area contributed by atoms with Gasteiger partial charge in [0.2, 0.25) is 10.0 Å². The third-order valence-electron chi connectivity index (χ3n) is 4.98. The molecule has 2 aromatic carbocycles. The van der Waals surface area contributed by atoms with Gasteiger partial charge in [-0.2, -0.15) is 4.31 Å². The molecule has 0 unspecified atom stereocenters. The van der Waals surface area contributed by atoms with Crippen LogP contribution in [0.1, 0.15) is 24.0 Å². The molecule has 3 rings (SSSR count). The number of aryl methyl sites for hydroxylation is 1. The summed E-state index contributed by atoms with van der Waals surface area (Å²) in [4.78, 5) is 22.9. The molecule has 0 bridgehead atoms. The van der Waals surface area contributed by atoms with Gasteiger partial charge in [0.1, 0.15) is 5.75 Å². The van der Waals surface area contributed by atoms with Gasteiger partial charge in [0.05, 0.1) is 21.1 Å². The molecule has 30 heavy (non-hydrogen) atoms. The zero-order valence-corrected chi connectivity index (χ0v) is 17.6. The summed E-state index contributed by atoms with van der Waals surface area (Å²) in [5.74, 6) is -0.0898. The molecule has 2 aromatic rings. The minimum atomic E-state index is -3.52. The zero-order valence-electron chi connectivity index (χ0n) is 16.8. The Morgan fingerprint density at radius 2 is 1.90 bits per heavy atom. The van der Waals surface area contributed by atoms with Gasteiger partial charge in [0, 0.05) is 19.2 Å². The molecule has 1 heterocycles. The molecule has 1 saturated heterocycles. The summed E-state index contributed by atoms with van der Waals surface area (Å²) in [5, 5.41) is 13.6. The van der Waals surface area contributed by atoms with Gasteiger partial charge >= 0.3 is 0 Å². The van der Waals surface area contributed by atoms with E-state index in [4.69, 9.17) is 4.74 Å². The highest BCUT2D eigenvalue weighted by Gasteiger charge is 2.27. The average Bonchev–Trinajstić information content (AvgIpc) is 3.24. The van der Waals surface area contributed by atoms with E-state index < -0.39 is 20.9 Å². The first kappa shape index (κ1) is 21.7. The van der Waals surface area contributed by atoms with Crippen molar-refractivity contribution in [1.82, 2.24) is 4.31 Å². The molecule has 1 fully saturated rings. The molecule has 0 aliphatic carbocycles. The highest BCUT2D eigenvalue weighted by atomic mass is 32.2. The number of nitro benzene ring substituents is 1. The molecule has 0 aromatic heterocycles. The van der Waals surface area contributed by atoms with Gasteiger partial charge in [-0.15, -0.1) is 0 Å². The van der Waals surface area contributed by atoms with E-state index in [1.165, 1.54) is 34.6 Å². The number of nitrogens with one attached hydrogen (secondary N) is 1. The number of sulfonamides is 1. The van der Waals surface area contributed by atoms with E-state index in [9.17, 15) is 23.3 Å². The third kappa shape index (κ3) is 4.60. The number of rotatable bonds is 7. The molecule has 10 heteroatoms. The second kappa shape index (κ2) is 8.80. The Labute approximate surface area is 174 Å². The van der Waals surface area contributed by atoms with Crippen molar-refractivity contribution < 1.29 is 22.9 Å². The Balaban J connectivity index is 1.66. The van der Waals surface area contributed by atoms with E-state index in [0.717, 1.165) is 12.8 Å². The zero-order chi connectivity index (χ0) is 21.9. The molecule has 1 N–H and O–H groups in total. The molecule has 0 spiro atoms. The highest BCUT2D eigenvalue weighted by Crippen LogP contribution is 2.27. The van der Waals surface area contributed by atoms with Crippen molar-refractivity contribution in [2.75, 3.05) is 25.0 Å². The first-order valence-electron chi connectivity index (χ1n) is 9.47. The predicted molar refractivity (Wildman–Crippen MR) is 111 cm³/mol. The smallest absolute Gasteiger partial charge is 0.274 e. The van der Waals surface area contributed by atoms with Gasteiger partial charge in [-0.3, -0.25) is 14.9 Å². The number of amides is 1. The van der Waals surface area contributed by atoms with E-state index in [-0.39, 0.29) is 17.2 Å². The molecule has 1 amide bonds. The summed E-state index contributed by atoms with van der Waals surface area (Å²) in [5.41, 5.74) is 1.19. The monoisotopic (exact) mass is 433 g/mol. The Hall–Kier alpha value is -2.98. The first-order chi connectivity index (χ1) is 14.2. The van der Waals surface area contributed by atoms with Crippen LogP contribution in [0.25, 0.3) is 0 Å². The van der Waals surface area contributed by atoms with Crippen molar-refractivity contribution in [2.24, 2.45) is 0 Å². The number of benzene rings is 2. The summed E-state index contributed by atoms with van der Waals surface area (Å²) in [6.07, 6.45) is 1.72. The number of hydrogen-bond donors (Lipinski definition) is 1. The number of nitrogens with zero attached hydrogens (tertiary/aromatic N) is 2. The van der Waals surface area contributed by atoms with Crippen molar-refractivity contribution in [3.8, 4) is 5.75 Å². The molecule has 0 radical (unpaired) electrons. The van der Waals surface area contributed by atoms with Crippen LogP contribution in [0.2, 0.25) is 0 Å². The molecule has 0 saturated carbocycles.